The zero-order valence-corrected chi connectivity index (χ0v) is 14.0. The number of hydrogen-bond donors (Lipinski definition) is 2. The molecule has 0 spiro atoms. The second-order valence-corrected chi connectivity index (χ2v) is 5.96. The van der Waals surface area contributed by atoms with Crippen molar-refractivity contribution in [2.45, 2.75) is 13.8 Å². The molecule has 0 unspecified atom stereocenters. The highest BCUT2D eigenvalue weighted by Crippen LogP contribution is 2.15. The van der Waals surface area contributed by atoms with Crippen LogP contribution < -0.4 is 10.6 Å². The van der Waals surface area contributed by atoms with Crippen molar-refractivity contribution in [2.24, 2.45) is 0 Å². The molecule has 0 aliphatic heterocycles. The number of carbonyl (C=O) groups excluding carboxylic acids is 2. The molecule has 0 saturated carbocycles. The second-order valence-electron chi connectivity index (χ2n) is 5.04. The standard InChI is InChI=1S/C17H17BrN2O2/c1-11-6-7-13(8-12(11)2)17(22)19-10-16(21)20-15-5-3-4-14(18)9-15/h3-9H,10H2,1-2H3,(H,19,22)(H,20,21). The van der Waals surface area contributed by atoms with Crippen molar-refractivity contribution in [3.05, 3.63) is 63.6 Å². The summed E-state index contributed by atoms with van der Waals surface area (Å²) in [5.41, 5.74) is 3.41. The highest BCUT2D eigenvalue weighted by molar-refractivity contribution is 9.10. The van der Waals surface area contributed by atoms with E-state index in [1.165, 1.54) is 0 Å². The van der Waals surface area contributed by atoms with Gasteiger partial charge in [-0.1, -0.05) is 28.1 Å². The molecule has 0 atom stereocenters. The van der Waals surface area contributed by atoms with E-state index in [0.29, 0.717) is 11.3 Å². The van der Waals surface area contributed by atoms with Crippen LogP contribution in [0, 0.1) is 13.8 Å². The molecule has 5 heteroatoms. The van der Waals surface area contributed by atoms with Crippen molar-refractivity contribution in [1.82, 2.24) is 5.32 Å². The van der Waals surface area contributed by atoms with Gasteiger partial charge in [0.05, 0.1) is 6.54 Å². The lowest BCUT2D eigenvalue weighted by Gasteiger charge is -2.08. The Morgan fingerprint density at radius 3 is 2.50 bits per heavy atom. The molecule has 2 amide bonds. The quantitative estimate of drug-likeness (QED) is 0.877. The summed E-state index contributed by atoms with van der Waals surface area (Å²) in [6.07, 6.45) is 0. The molecule has 4 nitrogen and oxygen atoms in total. The fraction of sp³-hybridized carbons (Fsp3) is 0.176. The minimum Gasteiger partial charge on any atom is -0.343 e. The summed E-state index contributed by atoms with van der Waals surface area (Å²) >= 11 is 3.34. The molecule has 22 heavy (non-hydrogen) atoms. The summed E-state index contributed by atoms with van der Waals surface area (Å²) in [5.74, 6) is -0.525. The molecular weight excluding hydrogens is 344 g/mol. The van der Waals surface area contributed by atoms with Gasteiger partial charge in [-0.15, -0.1) is 0 Å². The average Bonchev–Trinajstić information content (AvgIpc) is 2.47. The van der Waals surface area contributed by atoms with Crippen LogP contribution in [0.2, 0.25) is 0 Å². The van der Waals surface area contributed by atoms with Crippen molar-refractivity contribution < 1.29 is 9.59 Å². The number of halogens is 1. The molecule has 0 aliphatic carbocycles. The maximum atomic E-state index is 12.0. The molecule has 2 N–H and O–H groups in total. The van der Waals surface area contributed by atoms with Gasteiger partial charge in [0, 0.05) is 15.7 Å². The van der Waals surface area contributed by atoms with Crippen molar-refractivity contribution >= 4 is 33.4 Å². The van der Waals surface area contributed by atoms with Gasteiger partial charge in [-0.2, -0.15) is 0 Å². The van der Waals surface area contributed by atoms with Gasteiger partial charge in [0.1, 0.15) is 0 Å². The highest BCUT2D eigenvalue weighted by Gasteiger charge is 2.09. The lowest BCUT2D eigenvalue weighted by molar-refractivity contribution is -0.115. The Morgan fingerprint density at radius 1 is 1.05 bits per heavy atom. The second kappa shape index (κ2) is 7.22. The minimum absolute atomic E-state index is 0.0712. The predicted octanol–water partition coefficient (Wildman–Crippen LogP) is 3.43. The first kappa shape index (κ1) is 16.2. The van der Waals surface area contributed by atoms with E-state index >= 15 is 0 Å². The topological polar surface area (TPSA) is 58.2 Å². The van der Waals surface area contributed by atoms with Gasteiger partial charge >= 0.3 is 0 Å². The molecule has 0 aliphatic rings. The van der Waals surface area contributed by atoms with Gasteiger partial charge < -0.3 is 10.6 Å². The Hall–Kier alpha value is -2.14. The molecule has 2 aromatic carbocycles. The van der Waals surface area contributed by atoms with Gasteiger partial charge in [-0.3, -0.25) is 9.59 Å². The Bertz CT molecular complexity index is 714. The Kier molecular flexibility index (Phi) is 5.33. The smallest absolute Gasteiger partial charge is 0.251 e. The van der Waals surface area contributed by atoms with E-state index in [0.717, 1.165) is 15.6 Å². The Labute approximate surface area is 138 Å². The number of benzene rings is 2. The first-order valence-corrected chi connectivity index (χ1v) is 7.66. The molecule has 0 aromatic heterocycles. The molecule has 0 radical (unpaired) electrons. The maximum Gasteiger partial charge on any atom is 0.251 e. The third-order valence-electron chi connectivity index (χ3n) is 3.29. The molecular formula is C17H17BrN2O2. The lowest BCUT2D eigenvalue weighted by atomic mass is 10.1. The number of nitrogens with one attached hydrogen (secondary N) is 2. The van der Waals surface area contributed by atoms with Crippen molar-refractivity contribution in [3.63, 3.8) is 0 Å². The molecule has 2 rings (SSSR count). The largest absolute Gasteiger partial charge is 0.343 e. The van der Waals surface area contributed by atoms with E-state index in [2.05, 4.69) is 26.6 Å². The third-order valence-corrected chi connectivity index (χ3v) is 3.78. The normalized spacial score (nSPS) is 10.1. The number of anilines is 1. The van der Waals surface area contributed by atoms with Gasteiger partial charge in [-0.05, 0) is 55.3 Å². The van der Waals surface area contributed by atoms with E-state index < -0.39 is 0 Å². The molecule has 114 valence electrons. The van der Waals surface area contributed by atoms with E-state index in [1.807, 2.05) is 38.1 Å². The van der Waals surface area contributed by atoms with Gasteiger partial charge in [0.2, 0.25) is 5.91 Å². The van der Waals surface area contributed by atoms with Gasteiger partial charge in [-0.25, -0.2) is 0 Å². The third kappa shape index (κ3) is 4.43. The van der Waals surface area contributed by atoms with Crippen molar-refractivity contribution in [2.75, 3.05) is 11.9 Å². The van der Waals surface area contributed by atoms with Crippen LogP contribution in [0.3, 0.4) is 0 Å². The Balaban J connectivity index is 1.90. The summed E-state index contributed by atoms with van der Waals surface area (Å²) in [7, 11) is 0. The van der Waals surface area contributed by atoms with Gasteiger partial charge in [0.25, 0.3) is 5.91 Å². The van der Waals surface area contributed by atoms with Crippen LogP contribution in [0.4, 0.5) is 5.69 Å². The SMILES string of the molecule is Cc1ccc(C(=O)NCC(=O)Nc2cccc(Br)c2)cc1C. The van der Waals surface area contributed by atoms with Crippen LogP contribution in [-0.4, -0.2) is 18.4 Å². The van der Waals surface area contributed by atoms with Crippen LogP contribution in [0.1, 0.15) is 21.5 Å². The molecule has 0 heterocycles. The summed E-state index contributed by atoms with van der Waals surface area (Å²) < 4.78 is 0.879. The summed E-state index contributed by atoms with van der Waals surface area (Å²) in [6, 6.07) is 12.7. The number of aryl methyl sites for hydroxylation is 2. The average molecular weight is 361 g/mol. The maximum absolute atomic E-state index is 12.0. The Morgan fingerprint density at radius 2 is 1.82 bits per heavy atom. The molecule has 0 bridgehead atoms. The van der Waals surface area contributed by atoms with Crippen LogP contribution >= 0.6 is 15.9 Å². The minimum atomic E-state index is -0.268. The van der Waals surface area contributed by atoms with E-state index in [4.69, 9.17) is 0 Å². The molecule has 2 aromatic rings. The first-order valence-electron chi connectivity index (χ1n) is 6.86. The molecule has 0 fully saturated rings. The van der Waals surface area contributed by atoms with Gasteiger partial charge in [0.15, 0.2) is 0 Å². The first-order chi connectivity index (χ1) is 10.5. The van der Waals surface area contributed by atoms with E-state index in [-0.39, 0.29) is 18.4 Å². The zero-order valence-electron chi connectivity index (χ0n) is 12.4. The van der Waals surface area contributed by atoms with Crippen LogP contribution in [-0.2, 0) is 4.79 Å². The lowest BCUT2D eigenvalue weighted by Crippen LogP contribution is -2.32. The summed E-state index contributed by atoms with van der Waals surface area (Å²) in [4.78, 5) is 23.9. The van der Waals surface area contributed by atoms with Crippen molar-refractivity contribution in [3.8, 4) is 0 Å². The number of rotatable bonds is 4. The monoisotopic (exact) mass is 360 g/mol. The van der Waals surface area contributed by atoms with E-state index in [9.17, 15) is 9.59 Å². The zero-order chi connectivity index (χ0) is 16.1. The molecule has 0 saturated heterocycles. The number of carbonyl (C=O) groups is 2. The summed E-state index contributed by atoms with van der Waals surface area (Å²) in [6.45, 7) is 3.87. The predicted molar refractivity (Wildman–Crippen MR) is 91.0 cm³/mol. The van der Waals surface area contributed by atoms with Crippen molar-refractivity contribution in [1.29, 1.82) is 0 Å². The number of amides is 2. The van der Waals surface area contributed by atoms with Crippen LogP contribution in [0.15, 0.2) is 46.9 Å². The fourth-order valence-electron chi connectivity index (χ4n) is 1.92. The highest BCUT2D eigenvalue weighted by atomic mass is 79.9. The van der Waals surface area contributed by atoms with Crippen LogP contribution in [0.5, 0.6) is 0 Å². The summed E-state index contributed by atoms with van der Waals surface area (Å²) in [5, 5.41) is 5.34. The van der Waals surface area contributed by atoms with Crippen LogP contribution in [0.25, 0.3) is 0 Å². The fourth-order valence-corrected chi connectivity index (χ4v) is 2.32. The number of hydrogen-bond acceptors (Lipinski definition) is 2. The van der Waals surface area contributed by atoms with E-state index in [1.54, 1.807) is 18.2 Å².